The first-order chi connectivity index (χ1) is 18.5. The molecule has 3 aromatic carbocycles. The molecule has 0 N–H and O–H groups in total. The number of carbonyl (C=O) groups excluding carboxylic acids is 1. The lowest BCUT2D eigenvalue weighted by Gasteiger charge is -2.19. The second-order valence-corrected chi connectivity index (χ2v) is 7.82. The van der Waals surface area contributed by atoms with Crippen LogP contribution in [0.1, 0.15) is 46.0 Å². The quantitative estimate of drug-likeness (QED) is 0.306. The zero-order valence-corrected chi connectivity index (χ0v) is 22.4. The Balaban J connectivity index is 2.36. The lowest BCUT2D eigenvalue weighted by atomic mass is 9.97. The van der Waals surface area contributed by atoms with E-state index in [1.807, 2.05) is 43.3 Å². The molecule has 3 rings (SSSR count). The summed E-state index contributed by atoms with van der Waals surface area (Å²) in [7, 11) is 7.58. The second kappa shape index (κ2) is 13.5. The van der Waals surface area contributed by atoms with Crippen LogP contribution in [-0.4, -0.2) is 48.1 Å². The molecule has 0 saturated carbocycles. The maximum Gasteiger partial charge on any atom is 0.340 e. The van der Waals surface area contributed by atoms with Crippen molar-refractivity contribution in [3.8, 4) is 52.4 Å². The van der Waals surface area contributed by atoms with Crippen LogP contribution in [0, 0.1) is 23.7 Å². The highest BCUT2D eigenvalue weighted by molar-refractivity contribution is 5.99. The van der Waals surface area contributed by atoms with Crippen molar-refractivity contribution >= 4 is 5.97 Å². The third kappa shape index (κ3) is 6.32. The van der Waals surface area contributed by atoms with E-state index < -0.39 is 5.97 Å². The van der Waals surface area contributed by atoms with Crippen LogP contribution < -0.4 is 23.7 Å². The predicted molar refractivity (Wildman–Crippen MR) is 145 cm³/mol. The Labute approximate surface area is 223 Å². The van der Waals surface area contributed by atoms with Gasteiger partial charge in [-0.3, -0.25) is 0 Å². The number of esters is 1. The molecule has 38 heavy (non-hydrogen) atoms. The lowest BCUT2D eigenvalue weighted by molar-refractivity contribution is 0.0503. The molecule has 0 aliphatic rings. The molecule has 0 aliphatic heterocycles. The van der Waals surface area contributed by atoms with Gasteiger partial charge in [-0.05, 0) is 42.8 Å². The van der Waals surface area contributed by atoms with Crippen molar-refractivity contribution < 1.29 is 33.2 Å². The van der Waals surface area contributed by atoms with E-state index in [1.54, 1.807) is 26.4 Å². The van der Waals surface area contributed by atoms with Crippen LogP contribution in [0.4, 0.5) is 0 Å². The third-order valence-electron chi connectivity index (χ3n) is 5.42. The summed E-state index contributed by atoms with van der Waals surface area (Å²) < 4.78 is 33.2. The van der Waals surface area contributed by atoms with Crippen LogP contribution in [0.15, 0.2) is 48.5 Å². The van der Waals surface area contributed by atoms with Crippen LogP contribution >= 0.6 is 0 Å². The molecule has 0 bridgehead atoms. The molecule has 0 amide bonds. The summed E-state index contributed by atoms with van der Waals surface area (Å²) in [5.74, 6) is 13.8. The Bertz CT molecular complexity index is 1320. The number of carbonyl (C=O) groups is 1. The first-order valence-electron chi connectivity index (χ1n) is 11.9. The Kier molecular flexibility index (Phi) is 9.91. The normalized spacial score (nSPS) is 9.74. The van der Waals surface area contributed by atoms with Crippen molar-refractivity contribution in [1.29, 1.82) is 0 Å². The van der Waals surface area contributed by atoms with Gasteiger partial charge in [0.2, 0.25) is 5.75 Å². The fourth-order valence-electron chi connectivity index (χ4n) is 3.64. The molecule has 0 heterocycles. The Morgan fingerprint density at radius 2 is 1.13 bits per heavy atom. The van der Waals surface area contributed by atoms with Crippen LogP contribution in [0.5, 0.6) is 28.7 Å². The Morgan fingerprint density at radius 3 is 1.53 bits per heavy atom. The number of benzene rings is 3. The number of rotatable bonds is 8. The van der Waals surface area contributed by atoms with E-state index in [0.29, 0.717) is 29.0 Å². The molecule has 0 unspecified atom stereocenters. The van der Waals surface area contributed by atoms with Gasteiger partial charge in [0.15, 0.2) is 11.5 Å². The minimum atomic E-state index is -0.601. The van der Waals surface area contributed by atoms with Gasteiger partial charge in [-0.1, -0.05) is 42.7 Å². The highest BCUT2D eigenvalue weighted by Crippen LogP contribution is 2.45. The SMILES string of the molecule is CCCOC(=O)c1c(C#Cc2cccc(OC)c2)c(OC)c(OC)c(OC)c1C#Cc1cccc(OC)c1. The summed E-state index contributed by atoms with van der Waals surface area (Å²) in [5, 5.41) is 0. The van der Waals surface area contributed by atoms with E-state index >= 15 is 0 Å². The van der Waals surface area contributed by atoms with Crippen molar-refractivity contribution in [2.45, 2.75) is 13.3 Å². The molecule has 0 radical (unpaired) electrons. The van der Waals surface area contributed by atoms with Gasteiger partial charge in [0.25, 0.3) is 0 Å². The molecule has 7 nitrogen and oxygen atoms in total. The van der Waals surface area contributed by atoms with Gasteiger partial charge >= 0.3 is 5.97 Å². The van der Waals surface area contributed by atoms with Crippen LogP contribution in [-0.2, 0) is 4.74 Å². The first-order valence-corrected chi connectivity index (χ1v) is 11.9. The Hall–Kier alpha value is -4.75. The second-order valence-electron chi connectivity index (χ2n) is 7.82. The minimum Gasteiger partial charge on any atom is -0.497 e. The maximum atomic E-state index is 13.5. The molecule has 3 aromatic rings. The van der Waals surface area contributed by atoms with E-state index in [-0.39, 0.29) is 40.5 Å². The summed E-state index contributed by atoms with van der Waals surface area (Å²) in [6.45, 7) is 2.14. The van der Waals surface area contributed by atoms with E-state index in [2.05, 4.69) is 23.7 Å². The minimum absolute atomic E-state index is 0.124. The van der Waals surface area contributed by atoms with E-state index in [9.17, 15) is 4.79 Å². The van der Waals surface area contributed by atoms with E-state index in [1.165, 1.54) is 21.3 Å². The summed E-state index contributed by atoms with van der Waals surface area (Å²) in [6.07, 6.45) is 0.645. The first kappa shape index (κ1) is 27.8. The number of ether oxygens (including phenoxy) is 6. The van der Waals surface area contributed by atoms with Gasteiger partial charge in [0, 0.05) is 11.1 Å². The number of hydrogen-bond acceptors (Lipinski definition) is 7. The molecule has 0 aliphatic carbocycles. The van der Waals surface area contributed by atoms with E-state index in [4.69, 9.17) is 28.4 Å². The van der Waals surface area contributed by atoms with Gasteiger partial charge in [-0.15, -0.1) is 0 Å². The zero-order valence-electron chi connectivity index (χ0n) is 22.4. The van der Waals surface area contributed by atoms with Crippen molar-refractivity contribution in [2.24, 2.45) is 0 Å². The molecule has 7 heteroatoms. The number of methoxy groups -OCH3 is 5. The fourth-order valence-corrected chi connectivity index (χ4v) is 3.64. The average Bonchev–Trinajstić information content (AvgIpc) is 2.96. The fraction of sp³-hybridized carbons (Fsp3) is 0.258. The monoisotopic (exact) mass is 514 g/mol. The van der Waals surface area contributed by atoms with Crippen LogP contribution in [0.2, 0.25) is 0 Å². The number of hydrogen-bond donors (Lipinski definition) is 0. The highest BCUT2D eigenvalue weighted by atomic mass is 16.5. The van der Waals surface area contributed by atoms with Crippen LogP contribution in [0.25, 0.3) is 0 Å². The van der Waals surface area contributed by atoms with E-state index in [0.717, 1.165) is 0 Å². The topological polar surface area (TPSA) is 72.5 Å². The van der Waals surface area contributed by atoms with Gasteiger partial charge in [-0.2, -0.15) is 0 Å². The molecular formula is C31H30O7. The summed E-state index contributed by atoms with van der Waals surface area (Å²) in [4.78, 5) is 13.5. The molecule has 0 spiro atoms. The lowest BCUT2D eigenvalue weighted by Crippen LogP contribution is -2.13. The van der Waals surface area contributed by atoms with Crippen molar-refractivity contribution in [3.63, 3.8) is 0 Å². The Morgan fingerprint density at radius 1 is 0.658 bits per heavy atom. The third-order valence-corrected chi connectivity index (χ3v) is 5.42. The summed E-state index contributed by atoms with van der Waals surface area (Å²) in [5.41, 5.74) is 2.02. The summed E-state index contributed by atoms with van der Waals surface area (Å²) >= 11 is 0. The molecular weight excluding hydrogens is 484 g/mol. The maximum absolute atomic E-state index is 13.5. The molecule has 0 fully saturated rings. The zero-order chi connectivity index (χ0) is 27.5. The predicted octanol–water partition coefficient (Wildman–Crippen LogP) is 5.10. The van der Waals surface area contributed by atoms with Gasteiger partial charge < -0.3 is 28.4 Å². The molecule has 0 aromatic heterocycles. The smallest absolute Gasteiger partial charge is 0.340 e. The molecule has 196 valence electrons. The van der Waals surface area contributed by atoms with Gasteiger partial charge in [0.05, 0.1) is 58.8 Å². The summed E-state index contributed by atoms with van der Waals surface area (Å²) in [6, 6.07) is 14.6. The largest absolute Gasteiger partial charge is 0.497 e. The van der Waals surface area contributed by atoms with Gasteiger partial charge in [-0.25, -0.2) is 4.79 Å². The van der Waals surface area contributed by atoms with Crippen molar-refractivity contribution in [3.05, 3.63) is 76.3 Å². The van der Waals surface area contributed by atoms with Crippen molar-refractivity contribution in [2.75, 3.05) is 42.2 Å². The molecule has 0 atom stereocenters. The average molecular weight is 515 g/mol. The van der Waals surface area contributed by atoms with Gasteiger partial charge in [0.1, 0.15) is 11.5 Å². The highest BCUT2D eigenvalue weighted by Gasteiger charge is 2.30. The molecule has 0 saturated heterocycles. The van der Waals surface area contributed by atoms with Crippen molar-refractivity contribution in [1.82, 2.24) is 0 Å². The standard InChI is InChI=1S/C31H30O7/c1-7-18-38-31(32)27-25(16-14-21-10-8-12-23(19-21)33-2)28(35-4)30(37-6)29(36-5)26(27)17-15-22-11-9-13-24(20-22)34-3/h8-13,19-20H,7,18H2,1-6H3. The van der Waals surface area contributed by atoms with Crippen LogP contribution in [0.3, 0.4) is 0 Å².